The standard InChI is InChI=1S/C23H22FN3O3/c24-17-8-4-7-16(11-17)18-9-10-25-23(26-18)27-19-13-29-22-20(14-30-21(19)22)28-12-15-5-2-1-3-6-15/h1-11,19-22H,12-14H2,(H,25,26,27)/t19-,20-,21-,22+/m0/s1. The summed E-state index contributed by atoms with van der Waals surface area (Å²) >= 11 is 0. The fourth-order valence-corrected chi connectivity index (χ4v) is 3.91. The maximum atomic E-state index is 13.5. The van der Waals surface area contributed by atoms with Crippen molar-refractivity contribution in [2.24, 2.45) is 0 Å². The van der Waals surface area contributed by atoms with Crippen LogP contribution in [-0.2, 0) is 20.8 Å². The van der Waals surface area contributed by atoms with Crippen molar-refractivity contribution in [3.63, 3.8) is 0 Å². The molecule has 3 aromatic rings. The monoisotopic (exact) mass is 407 g/mol. The minimum absolute atomic E-state index is 0.0805. The topological polar surface area (TPSA) is 65.5 Å². The van der Waals surface area contributed by atoms with E-state index in [9.17, 15) is 4.39 Å². The number of nitrogens with one attached hydrogen (secondary N) is 1. The zero-order valence-corrected chi connectivity index (χ0v) is 16.3. The molecule has 154 valence electrons. The highest BCUT2D eigenvalue weighted by molar-refractivity contribution is 5.60. The number of fused-ring (bicyclic) bond motifs is 1. The largest absolute Gasteiger partial charge is 0.370 e. The Morgan fingerprint density at radius 3 is 2.73 bits per heavy atom. The van der Waals surface area contributed by atoms with Gasteiger partial charge in [0.15, 0.2) is 0 Å². The van der Waals surface area contributed by atoms with Crippen LogP contribution < -0.4 is 5.32 Å². The number of nitrogens with zero attached hydrogens (tertiary/aromatic N) is 2. The highest BCUT2D eigenvalue weighted by Gasteiger charge is 2.48. The number of anilines is 1. The van der Waals surface area contributed by atoms with E-state index in [-0.39, 0.29) is 30.2 Å². The number of hydrogen-bond donors (Lipinski definition) is 1. The van der Waals surface area contributed by atoms with Gasteiger partial charge in [0.25, 0.3) is 0 Å². The van der Waals surface area contributed by atoms with E-state index < -0.39 is 0 Å². The second-order valence-corrected chi connectivity index (χ2v) is 7.46. The molecule has 2 aromatic carbocycles. The molecule has 7 heteroatoms. The molecule has 6 nitrogen and oxygen atoms in total. The first kappa shape index (κ1) is 19.1. The molecule has 0 amide bonds. The van der Waals surface area contributed by atoms with E-state index in [0.717, 1.165) is 5.56 Å². The van der Waals surface area contributed by atoms with Gasteiger partial charge in [-0.25, -0.2) is 14.4 Å². The molecule has 0 bridgehead atoms. The van der Waals surface area contributed by atoms with Crippen LogP contribution in [0.4, 0.5) is 10.3 Å². The molecule has 1 N–H and O–H groups in total. The minimum atomic E-state index is -0.298. The Hall–Kier alpha value is -2.87. The Bertz CT molecular complexity index is 1000. The normalized spacial score (nSPS) is 25.2. The molecular weight excluding hydrogens is 385 g/mol. The van der Waals surface area contributed by atoms with Crippen molar-refractivity contribution in [3.8, 4) is 11.3 Å². The van der Waals surface area contributed by atoms with E-state index in [2.05, 4.69) is 15.3 Å². The van der Waals surface area contributed by atoms with Crippen molar-refractivity contribution in [1.82, 2.24) is 9.97 Å². The predicted octanol–water partition coefficient (Wildman–Crippen LogP) is 3.45. The van der Waals surface area contributed by atoms with Gasteiger partial charge in [-0.2, -0.15) is 0 Å². The van der Waals surface area contributed by atoms with Gasteiger partial charge in [0.2, 0.25) is 5.95 Å². The number of benzene rings is 2. The lowest BCUT2D eigenvalue weighted by molar-refractivity contribution is -0.0388. The van der Waals surface area contributed by atoms with Gasteiger partial charge in [-0.3, -0.25) is 0 Å². The fraction of sp³-hybridized carbons (Fsp3) is 0.304. The van der Waals surface area contributed by atoms with Crippen molar-refractivity contribution in [2.45, 2.75) is 31.0 Å². The molecule has 0 radical (unpaired) electrons. The first-order chi connectivity index (χ1) is 14.8. The lowest BCUT2D eigenvalue weighted by Crippen LogP contribution is -2.37. The molecule has 2 aliphatic rings. The molecule has 5 rings (SSSR count). The maximum Gasteiger partial charge on any atom is 0.223 e. The summed E-state index contributed by atoms with van der Waals surface area (Å²) in [5, 5.41) is 3.31. The molecule has 2 fully saturated rings. The van der Waals surface area contributed by atoms with Gasteiger partial charge in [0.1, 0.15) is 24.1 Å². The highest BCUT2D eigenvalue weighted by Crippen LogP contribution is 2.31. The summed E-state index contributed by atoms with van der Waals surface area (Å²) < 4.78 is 31.5. The van der Waals surface area contributed by atoms with Crippen LogP contribution in [-0.4, -0.2) is 47.5 Å². The summed E-state index contributed by atoms with van der Waals surface area (Å²) in [6, 6.07) is 18.1. The molecule has 0 unspecified atom stereocenters. The summed E-state index contributed by atoms with van der Waals surface area (Å²) in [6.45, 7) is 1.50. The van der Waals surface area contributed by atoms with Gasteiger partial charge < -0.3 is 19.5 Å². The highest BCUT2D eigenvalue weighted by atomic mass is 19.1. The molecule has 1 aromatic heterocycles. The van der Waals surface area contributed by atoms with Gasteiger partial charge >= 0.3 is 0 Å². The van der Waals surface area contributed by atoms with Gasteiger partial charge in [0, 0.05) is 11.8 Å². The van der Waals surface area contributed by atoms with E-state index in [0.29, 0.717) is 37.0 Å². The molecule has 30 heavy (non-hydrogen) atoms. The van der Waals surface area contributed by atoms with Crippen LogP contribution in [0.5, 0.6) is 0 Å². The molecule has 0 aliphatic carbocycles. The number of rotatable bonds is 6. The number of halogens is 1. The average Bonchev–Trinajstić information content (AvgIpc) is 3.36. The quantitative estimate of drug-likeness (QED) is 0.675. The van der Waals surface area contributed by atoms with Gasteiger partial charge in [0.05, 0.1) is 31.6 Å². The summed E-state index contributed by atoms with van der Waals surface area (Å²) in [6.07, 6.45) is 1.29. The Morgan fingerprint density at radius 2 is 1.87 bits per heavy atom. The molecule has 3 heterocycles. The van der Waals surface area contributed by atoms with Crippen LogP contribution in [0.15, 0.2) is 66.9 Å². The van der Waals surface area contributed by atoms with E-state index in [4.69, 9.17) is 14.2 Å². The van der Waals surface area contributed by atoms with Crippen LogP contribution in [0.3, 0.4) is 0 Å². The molecule has 4 atom stereocenters. The van der Waals surface area contributed by atoms with Crippen molar-refractivity contribution < 1.29 is 18.6 Å². The summed E-state index contributed by atoms with van der Waals surface area (Å²) in [5.74, 6) is 0.164. The maximum absolute atomic E-state index is 13.5. The lowest BCUT2D eigenvalue weighted by Gasteiger charge is -2.18. The third-order valence-electron chi connectivity index (χ3n) is 5.41. The smallest absolute Gasteiger partial charge is 0.223 e. The number of hydrogen-bond acceptors (Lipinski definition) is 6. The third kappa shape index (κ3) is 4.05. The second-order valence-electron chi connectivity index (χ2n) is 7.46. The SMILES string of the molecule is Fc1cccc(-c2ccnc(N[C@H]3CO[C@H]4[C@H]3OC[C@@H]4OCc3ccccc3)n2)c1. The van der Waals surface area contributed by atoms with Crippen LogP contribution in [0.2, 0.25) is 0 Å². The number of aromatic nitrogens is 2. The average molecular weight is 407 g/mol. The van der Waals surface area contributed by atoms with Crippen molar-refractivity contribution in [2.75, 3.05) is 18.5 Å². The summed E-state index contributed by atoms with van der Waals surface area (Å²) in [4.78, 5) is 8.83. The van der Waals surface area contributed by atoms with Crippen LogP contribution in [0.1, 0.15) is 5.56 Å². The lowest BCUT2D eigenvalue weighted by atomic mass is 10.1. The number of ether oxygens (including phenoxy) is 3. The summed E-state index contributed by atoms with van der Waals surface area (Å²) in [7, 11) is 0. The Kier molecular flexibility index (Phi) is 5.40. The van der Waals surface area contributed by atoms with Crippen LogP contribution in [0, 0.1) is 5.82 Å². The molecule has 0 saturated carbocycles. The molecule has 0 spiro atoms. The van der Waals surface area contributed by atoms with E-state index >= 15 is 0 Å². The van der Waals surface area contributed by atoms with Crippen molar-refractivity contribution in [1.29, 1.82) is 0 Å². The first-order valence-electron chi connectivity index (χ1n) is 10.0. The van der Waals surface area contributed by atoms with E-state index in [1.54, 1.807) is 18.3 Å². The van der Waals surface area contributed by atoms with Crippen LogP contribution in [0.25, 0.3) is 11.3 Å². The fourth-order valence-electron chi connectivity index (χ4n) is 3.91. The molecular formula is C23H22FN3O3. The van der Waals surface area contributed by atoms with E-state index in [1.807, 2.05) is 36.4 Å². The zero-order valence-electron chi connectivity index (χ0n) is 16.3. The second kappa shape index (κ2) is 8.47. The Balaban J connectivity index is 1.23. The van der Waals surface area contributed by atoms with Crippen molar-refractivity contribution in [3.05, 3.63) is 78.2 Å². The molecule has 2 aliphatic heterocycles. The predicted molar refractivity (Wildman–Crippen MR) is 109 cm³/mol. The molecule has 2 saturated heterocycles. The van der Waals surface area contributed by atoms with E-state index in [1.165, 1.54) is 12.1 Å². The minimum Gasteiger partial charge on any atom is -0.370 e. The zero-order chi connectivity index (χ0) is 20.3. The summed E-state index contributed by atoms with van der Waals surface area (Å²) in [5.41, 5.74) is 2.47. The van der Waals surface area contributed by atoms with Crippen LogP contribution >= 0.6 is 0 Å². The van der Waals surface area contributed by atoms with Gasteiger partial charge in [-0.15, -0.1) is 0 Å². The van der Waals surface area contributed by atoms with Gasteiger partial charge in [-0.1, -0.05) is 42.5 Å². The Morgan fingerprint density at radius 1 is 1.00 bits per heavy atom. The first-order valence-corrected chi connectivity index (χ1v) is 10.0. The Labute approximate surface area is 174 Å². The van der Waals surface area contributed by atoms with Crippen molar-refractivity contribution >= 4 is 5.95 Å². The third-order valence-corrected chi connectivity index (χ3v) is 5.41. The van der Waals surface area contributed by atoms with Gasteiger partial charge in [-0.05, 0) is 23.8 Å².